The van der Waals surface area contributed by atoms with Gasteiger partial charge in [0.2, 0.25) is 0 Å². The van der Waals surface area contributed by atoms with Crippen molar-refractivity contribution in [1.82, 2.24) is 0 Å². The number of aliphatic imine (C=N–C) groups is 1. The molecule has 0 amide bonds. The van der Waals surface area contributed by atoms with E-state index in [1.54, 1.807) is 7.11 Å². The van der Waals surface area contributed by atoms with Crippen LogP contribution in [0.15, 0.2) is 29.3 Å². The molecule has 0 heterocycles. The molecule has 134 valence electrons. The van der Waals surface area contributed by atoms with E-state index in [0.717, 1.165) is 6.42 Å². The molecule has 1 fully saturated rings. The lowest BCUT2D eigenvalue weighted by Gasteiger charge is -2.57. The third-order valence-electron chi connectivity index (χ3n) is 4.88. The van der Waals surface area contributed by atoms with E-state index in [1.807, 2.05) is 6.92 Å². The second-order valence-corrected chi connectivity index (χ2v) is 6.59. The van der Waals surface area contributed by atoms with Crippen LogP contribution in [0, 0.1) is 5.41 Å². The van der Waals surface area contributed by atoms with Crippen LogP contribution in [0.1, 0.15) is 27.2 Å². The number of nitrogens with zero attached hydrogens (tertiary/aromatic N) is 1. The first kappa shape index (κ1) is 18.4. The Balaban J connectivity index is 1.99. The van der Waals surface area contributed by atoms with E-state index in [1.165, 1.54) is 24.3 Å². The summed E-state index contributed by atoms with van der Waals surface area (Å²) in [6.45, 7) is 6.15. The Morgan fingerprint density at radius 3 is 2.29 bits per heavy atom. The fourth-order valence-electron chi connectivity index (χ4n) is 2.75. The zero-order valence-corrected chi connectivity index (χ0v) is 14.1. The quantitative estimate of drug-likeness (QED) is 0.647. The molecule has 8 heteroatoms. The molecule has 0 aliphatic heterocycles. The molecule has 0 bridgehead atoms. The molecular formula is C16H22F3N3O2. The van der Waals surface area contributed by atoms with Crippen molar-refractivity contribution in [3.05, 3.63) is 24.3 Å². The molecule has 5 nitrogen and oxygen atoms in total. The number of methoxy groups -OCH3 is 1. The molecular weight excluding hydrogens is 323 g/mol. The maximum atomic E-state index is 12.1. The largest absolute Gasteiger partial charge is 0.573 e. The number of anilines is 1. The number of halogens is 3. The summed E-state index contributed by atoms with van der Waals surface area (Å²) >= 11 is 0. The van der Waals surface area contributed by atoms with E-state index in [0.29, 0.717) is 5.69 Å². The molecule has 1 aliphatic rings. The van der Waals surface area contributed by atoms with Gasteiger partial charge in [-0.05, 0) is 37.6 Å². The first-order valence-electron chi connectivity index (χ1n) is 7.48. The molecule has 3 N–H and O–H groups in total. The van der Waals surface area contributed by atoms with E-state index in [9.17, 15) is 13.2 Å². The van der Waals surface area contributed by atoms with E-state index in [4.69, 9.17) is 10.5 Å². The average molecular weight is 345 g/mol. The molecule has 1 aromatic carbocycles. The van der Waals surface area contributed by atoms with Crippen molar-refractivity contribution in [2.24, 2.45) is 16.1 Å². The van der Waals surface area contributed by atoms with Gasteiger partial charge in [-0.15, -0.1) is 13.2 Å². The number of benzene rings is 1. The Morgan fingerprint density at radius 2 is 1.83 bits per heavy atom. The minimum Gasteiger partial charge on any atom is -0.406 e. The molecule has 24 heavy (non-hydrogen) atoms. The number of guanidine groups is 1. The average Bonchev–Trinajstić information content (AvgIpc) is 2.47. The van der Waals surface area contributed by atoms with Crippen LogP contribution in [0.4, 0.5) is 18.9 Å². The van der Waals surface area contributed by atoms with E-state index < -0.39 is 6.36 Å². The summed E-state index contributed by atoms with van der Waals surface area (Å²) in [6, 6.07) is 5.29. The van der Waals surface area contributed by atoms with Gasteiger partial charge in [-0.3, -0.25) is 0 Å². The first-order chi connectivity index (χ1) is 11.0. The first-order valence-corrected chi connectivity index (χ1v) is 7.48. The van der Waals surface area contributed by atoms with E-state index >= 15 is 0 Å². The van der Waals surface area contributed by atoms with E-state index in [-0.39, 0.29) is 28.8 Å². The van der Waals surface area contributed by atoms with Crippen LogP contribution in [0.25, 0.3) is 0 Å². The van der Waals surface area contributed by atoms with Crippen LogP contribution in [-0.2, 0) is 4.74 Å². The summed E-state index contributed by atoms with van der Waals surface area (Å²) in [7, 11) is 1.67. The van der Waals surface area contributed by atoms with E-state index in [2.05, 4.69) is 28.9 Å². The minimum absolute atomic E-state index is 0.00258. The van der Waals surface area contributed by atoms with Gasteiger partial charge in [0.05, 0.1) is 11.6 Å². The summed E-state index contributed by atoms with van der Waals surface area (Å²) < 4.78 is 45.7. The molecule has 1 saturated carbocycles. The van der Waals surface area contributed by atoms with Crippen molar-refractivity contribution in [3.63, 3.8) is 0 Å². The Kier molecular flexibility index (Phi) is 4.72. The molecule has 2 atom stereocenters. The number of nitrogens with two attached hydrogens (primary N) is 1. The highest BCUT2D eigenvalue weighted by molar-refractivity contribution is 5.92. The molecule has 0 aromatic heterocycles. The number of hydrogen-bond donors (Lipinski definition) is 2. The molecule has 2 rings (SSSR count). The highest BCUT2D eigenvalue weighted by atomic mass is 19.4. The Labute approximate surface area is 139 Å². The van der Waals surface area contributed by atoms with Gasteiger partial charge in [0, 0.05) is 18.2 Å². The maximum absolute atomic E-state index is 12.1. The lowest BCUT2D eigenvalue weighted by molar-refractivity contribution is -0.274. The lowest BCUT2D eigenvalue weighted by atomic mass is 9.56. The third kappa shape index (κ3) is 3.75. The van der Waals surface area contributed by atoms with Gasteiger partial charge in [-0.2, -0.15) is 0 Å². The molecule has 2 unspecified atom stereocenters. The monoisotopic (exact) mass is 345 g/mol. The summed E-state index contributed by atoms with van der Waals surface area (Å²) in [6.07, 6.45) is -3.96. The predicted molar refractivity (Wildman–Crippen MR) is 86.0 cm³/mol. The van der Waals surface area contributed by atoms with Crippen molar-refractivity contribution in [1.29, 1.82) is 0 Å². The Hall–Kier alpha value is -1.96. The van der Waals surface area contributed by atoms with Crippen molar-refractivity contribution in [2.75, 3.05) is 12.4 Å². The SMILES string of the molecule is COC1(C)CC(N=C(N)Nc2ccc(OC(F)(F)F)cc2)C1(C)C. The second kappa shape index (κ2) is 6.16. The molecule has 0 spiro atoms. The third-order valence-corrected chi connectivity index (χ3v) is 4.88. The zero-order valence-electron chi connectivity index (χ0n) is 14.1. The summed E-state index contributed by atoms with van der Waals surface area (Å²) in [4.78, 5) is 4.45. The van der Waals surface area contributed by atoms with Crippen molar-refractivity contribution >= 4 is 11.6 Å². The number of alkyl halides is 3. The van der Waals surface area contributed by atoms with Gasteiger partial charge in [0.1, 0.15) is 5.75 Å². The van der Waals surface area contributed by atoms with Crippen LogP contribution < -0.4 is 15.8 Å². The number of ether oxygens (including phenoxy) is 2. The normalized spacial score (nSPS) is 26.6. The summed E-state index contributed by atoms with van der Waals surface area (Å²) in [5.74, 6) is -0.0877. The smallest absolute Gasteiger partial charge is 0.406 e. The topological polar surface area (TPSA) is 68.9 Å². The van der Waals surface area contributed by atoms with Gasteiger partial charge < -0.3 is 20.5 Å². The Bertz CT molecular complexity index is 614. The minimum atomic E-state index is -4.71. The molecule has 0 radical (unpaired) electrons. The van der Waals surface area contributed by atoms with Crippen LogP contribution >= 0.6 is 0 Å². The zero-order chi connectivity index (χ0) is 18.2. The van der Waals surface area contributed by atoms with Crippen LogP contribution in [-0.4, -0.2) is 31.1 Å². The lowest BCUT2D eigenvalue weighted by Crippen LogP contribution is -2.62. The van der Waals surface area contributed by atoms with Gasteiger partial charge in [-0.25, -0.2) is 4.99 Å². The van der Waals surface area contributed by atoms with Crippen molar-refractivity contribution < 1.29 is 22.6 Å². The number of nitrogens with one attached hydrogen (secondary N) is 1. The van der Waals surface area contributed by atoms with Gasteiger partial charge in [-0.1, -0.05) is 13.8 Å². The highest BCUT2D eigenvalue weighted by Crippen LogP contribution is 2.53. The van der Waals surface area contributed by atoms with Gasteiger partial charge in [0.25, 0.3) is 0 Å². The second-order valence-electron chi connectivity index (χ2n) is 6.59. The van der Waals surface area contributed by atoms with Crippen LogP contribution in [0.2, 0.25) is 0 Å². The summed E-state index contributed by atoms with van der Waals surface area (Å²) in [5, 5.41) is 2.86. The highest BCUT2D eigenvalue weighted by Gasteiger charge is 2.58. The van der Waals surface area contributed by atoms with Crippen molar-refractivity contribution in [2.45, 2.75) is 45.2 Å². The number of rotatable bonds is 4. The Morgan fingerprint density at radius 1 is 1.25 bits per heavy atom. The van der Waals surface area contributed by atoms with Gasteiger partial charge in [0.15, 0.2) is 5.96 Å². The number of hydrogen-bond acceptors (Lipinski definition) is 3. The molecule has 1 aliphatic carbocycles. The predicted octanol–water partition coefficient (Wildman–Crippen LogP) is 3.52. The van der Waals surface area contributed by atoms with Crippen molar-refractivity contribution in [3.8, 4) is 5.75 Å². The van der Waals surface area contributed by atoms with Crippen LogP contribution in [0.3, 0.4) is 0 Å². The van der Waals surface area contributed by atoms with Gasteiger partial charge >= 0.3 is 6.36 Å². The maximum Gasteiger partial charge on any atom is 0.573 e. The summed E-state index contributed by atoms with van der Waals surface area (Å²) in [5.41, 5.74) is 6.00. The fraction of sp³-hybridized carbons (Fsp3) is 0.562. The standard InChI is InChI=1S/C16H22F3N3O2/c1-14(2)12(9-15(14,3)23-4)22-13(20)21-10-5-7-11(8-6-10)24-16(17,18)19/h5-8,12H,9H2,1-4H3,(H3,20,21,22). The fourth-order valence-corrected chi connectivity index (χ4v) is 2.75. The molecule has 1 aromatic rings. The van der Waals surface area contributed by atoms with Crippen LogP contribution in [0.5, 0.6) is 5.75 Å². The molecule has 0 saturated heterocycles.